The summed E-state index contributed by atoms with van der Waals surface area (Å²) in [4.78, 5) is 19.9. The predicted octanol–water partition coefficient (Wildman–Crippen LogP) is 5.26. The SMILES string of the molecule is O=C(CSc1nc2ccc(Cl)cc2[nH]1)Nc1ccc(SC(F)F)cc1. The molecule has 1 amide bonds. The van der Waals surface area contributed by atoms with Crippen molar-refractivity contribution >= 4 is 57.8 Å². The smallest absolute Gasteiger partial charge is 0.288 e. The molecule has 3 aromatic rings. The van der Waals surface area contributed by atoms with Gasteiger partial charge in [0.2, 0.25) is 5.91 Å². The fraction of sp³-hybridized carbons (Fsp3) is 0.125. The first-order valence-corrected chi connectivity index (χ1v) is 9.37. The average molecular weight is 400 g/mol. The first-order valence-electron chi connectivity index (χ1n) is 7.12. The normalized spacial score (nSPS) is 11.2. The lowest BCUT2D eigenvalue weighted by Crippen LogP contribution is -2.14. The van der Waals surface area contributed by atoms with Crippen LogP contribution in [0.25, 0.3) is 11.0 Å². The van der Waals surface area contributed by atoms with Crippen LogP contribution in [0.3, 0.4) is 0 Å². The maximum atomic E-state index is 12.3. The molecule has 0 radical (unpaired) electrons. The summed E-state index contributed by atoms with van der Waals surface area (Å²) in [5.41, 5.74) is 2.14. The highest BCUT2D eigenvalue weighted by molar-refractivity contribution is 8.00. The molecular weight excluding hydrogens is 388 g/mol. The van der Waals surface area contributed by atoms with E-state index in [4.69, 9.17) is 11.6 Å². The van der Waals surface area contributed by atoms with Crippen molar-refractivity contribution in [1.82, 2.24) is 9.97 Å². The molecule has 0 atom stereocenters. The molecule has 4 nitrogen and oxygen atoms in total. The van der Waals surface area contributed by atoms with E-state index in [-0.39, 0.29) is 11.7 Å². The highest BCUT2D eigenvalue weighted by Crippen LogP contribution is 2.26. The van der Waals surface area contributed by atoms with Gasteiger partial charge >= 0.3 is 0 Å². The summed E-state index contributed by atoms with van der Waals surface area (Å²) in [6.45, 7) is 0. The third-order valence-electron chi connectivity index (χ3n) is 3.13. The van der Waals surface area contributed by atoms with Gasteiger partial charge in [0.1, 0.15) is 0 Å². The van der Waals surface area contributed by atoms with E-state index in [1.807, 2.05) is 0 Å². The van der Waals surface area contributed by atoms with Crippen molar-refractivity contribution in [2.75, 3.05) is 11.1 Å². The summed E-state index contributed by atoms with van der Waals surface area (Å²) in [5.74, 6) is -2.51. The Morgan fingerprint density at radius 1 is 1.24 bits per heavy atom. The minimum atomic E-state index is -2.46. The number of nitrogens with zero attached hydrogens (tertiary/aromatic N) is 1. The Bertz CT molecular complexity index is 887. The fourth-order valence-electron chi connectivity index (χ4n) is 2.08. The average Bonchev–Trinajstić information content (AvgIpc) is 2.96. The Morgan fingerprint density at radius 2 is 2.00 bits per heavy atom. The van der Waals surface area contributed by atoms with Crippen molar-refractivity contribution < 1.29 is 13.6 Å². The molecular formula is C16H12ClF2N3OS2. The molecule has 0 aliphatic heterocycles. The number of halogens is 3. The number of nitrogens with one attached hydrogen (secondary N) is 2. The predicted molar refractivity (Wildman–Crippen MR) is 98.8 cm³/mol. The molecule has 0 spiro atoms. The van der Waals surface area contributed by atoms with Crippen molar-refractivity contribution in [2.24, 2.45) is 0 Å². The minimum Gasteiger partial charge on any atom is -0.333 e. The van der Waals surface area contributed by atoms with E-state index < -0.39 is 5.76 Å². The number of benzene rings is 2. The zero-order valence-electron chi connectivity index (χ0n) is 12.6. The number of alkyl halides is 2. The second-order valence-corrected chi connectivity index (χ2v) is 7.41. The molecule has 0 fully saturated rings. The second-order valence-electron chi connectivity index (χ2n) is 4.94. The van der Waals surface area contributed by atoms with Gasteiger partial charge in [-0.2, -0.15) is 8.78 Å². The van der Waals surface area contributed by atoms with Gasteiger partial charge in [0.15, 0.2) is 5.16 Å². The highest BCUT2D eigenvalue weighted by atomic mass is 35.5. The summed E-state index contributed by atoms with van der Waals surface area (Å²) in [6.07, 6.45) is 0. The zero-order chi connectivity index (χ0) is 17.8. The number of hydrogen-bond acceptors (Lipinski definition) is 4. The Kier molecular flexibility index (Phi) is 5.82. The van der Waals surface area contributed by atoms with E-state index in [1.54, 1.807) is 42.5 Å². The number of imidazole rings is 1. The summed E-state index contributed by atoms with van der Waals surface area (Å²) in [6, 6.07) is 11.6. The molecule has 3 rings (SSSR count). The molecule has 0 saturated heterocycles. The van der Waals surface area contributed by atoms with E-state index in [9.17, 15) is 13.6 Å². The van der Waals surface area contributed by atoms with E-state index in [0.29, 0.717) is 32.5 Å². The van der Waals surface area contributed by atoms with Crippen molar-refractivity contribution in [3.05, 3.63) is 47.5 Å². The number of hydrogen-bond donors (Lipinski definition) is 2. The Hall–Kier alpha value is -1.77. The van der Waals surface area contributed by atoms with Gasteiger partial charge in [-0.3, -0.25) is 4.79 Å². The van der Waals surface area contributed by atoms with Gasteiger partial charge in [-0.1, -0.05) is 35.1 Å². The number of carbonyl (C=O) groups excluding carboxylic acids is 1. The van der Waals surface area contributed by atoms with Crippen molar-refractivity contribution in [3.8, 4) is 0 Å². The summed E-state index contributed by atoms with van der Waals surface area (Å²) in [5, 5.41) is 3.95. The minimum absolute atomic E-state index is 0.168. The van der Waals surface area contributed by atoms with Gasteiger partial charge in [0.25, 0.3) is 5.76 Å². The quantitative estimate of drug-likeness (QED) is 0.555. The lowest BCUT2D eigenvalue weighted by atomic mass is 10.3. The van der Waals surface area contributed by atoms with Gasteiger partial charge in [0.05, 0.1) is 16.8 Å². The fourth-order valence-corrected chi connectivity index (χ4v) is 3.43. The first-order chi connectivity index (χ1) is 12.0. The zero-order valence-corrected chi connectivity index (χ0v) is 15.0. The lowest BCUT2D eigenvalue weighted by molar-refractivity contribution is -0.113. The Balaban J connectivity index is 1.55. The van der Waals surface area contributed by atoms with Crippen LogP contribution in [0.2, 0.25) is 5.02 Å². The van der Waals surface area contributed by atoms with Crippen LogP contribution in [0.15, 0.2) is 52.5 Å². The van der Waals surface area contributed by atoms with Crippen LogP contribution in [0, 0.1) is 0 Å². The van der Waals surface area contributed by atoms with Crippen LogP contribution in [0.4, 0.5) is 14.5 Å². The number of anilines is 1. The summed E-state index contributed by atoms with van der Waals surface area (Å²) < 4.78 is 24.5. The van der Waals surface area contributed by atoms with Crippen molar-refractivity contribution in [1.29, 1.82) is 0 Å². The standard InChI is InChI=1S/C16H12ClF2N3OS2/c17-9-1-6-12-13(7-9)22-16(21-12)24-8-14(23)20-10-2-4-11(5-3-10)25-15(18)19/h1-7,15H,8H2,(H,20,23)(H,21,22). The second kappa shape index (κ2) is 8.07. The van der Waals surface area contributed by atoms with Crippen LogP contribution in [-0.4, -0.2) is 27.4 Å². The Labute approximate surface area is 155 Å². The molecule has 25 heavy (non-hydrogen) atoms. The Morgan fingerprint density at radius 3 is 2.72 bits per heavy atom. The first kappa shape index (κ1) is 18.0. The molecule has 0 aliphatic rings. The van der Waals surface area contributed by atoms with Crippen molar-refractivity contribution in [2.45, 2.75) is 15.8 Å². The lowest BCUT2D eigenvalue weighted by Gasteiger charge is -2.05. The molecule has 2 aromatic carbocycles. The van der Waals surface area contributed by atoms with Gasteiger partial charge in [0, 0.05) is 15.6 Å². The van der Waals surface area contributed by atoms with Crippen LogP contribution in [-0.2, 0) is 4.79 Å². The maximum Gasteiger partial charge on any atom is 0.288 e. The topological polar surface area (TPSA) is 57.8 Å². The van der Waals surface area contributed by atoms with Gasteiger partial charge in [-0.25, -0.2) is 4.98 Å². The number of rotatable bonds is 6. The van der Waals surface area contributed by atoms with E-state index in [0.717, 1.165) is 11.0 Å². The van der Waals surface area contributed by atoms with Crippen LogP contribution in [0.1, 0.15) is 0 Å². The monoisotopic (exact) mass is 399 g/mol. The van der Waals surface area contributed by atoms with Crippen LogP contribution < -0.4 is 5.32 Å². The van der Waals surface area contributed by atoms with Gasteiger partial charge < -0.3 is 10.3 Å². The molecule has 0 unspecified atom stereocenters. The number of amides is 1. The summed E-state index contributed by atoms with van der Waals surface area (Å²) >= 11 is 7.65. The van der Waals surface area contributed by atoms with Crippen LogP contribution in [0.5, 0.6) is 0 Å². The molecule has 0 aliphatic carbocycles. The molecule has 1 aromatic heterocycles. The van der Waals surface area contributed by atoms with E-state index in [1.165, 1.54) is 11.8 Å². The molecule has 1 heterocycles. The molecule has 0 saturated carbocycles. The number of aromatic amines is 1. The number of thioether (sulfide) groups is 2. The van der Waals surface area contributed by atoms with E-state index >= 15 is 0 Å². The number of carbonyl (C=O) groups is 1. The van der Waals surface area contributed by atoms with Crippen molar-refractivity contribution in [3.63, 3.8) is 0 Å². The third-order valence-corrected chi connectivity index (χ3v) is 4.96. The third kappa shape index (κ3) is 5.10. The molecule has 2 N–H and O–H groups in total. The summed E-state index contributed by atoms with van der Waals surface area (Å²) in [7, 11) is 0. The van der Waals surface area contributed by atoms with Gasteiger partial charge in [-0.15, -0.1) is 0 Å². The molecule has 9 heteroatoms. The highest BCUT2D eigenvalue weighted by Gasteiger charge is 2.09. The number of fused-ring (bicyclic) bond motifs is 1. The molecule has 130 valence electrons. The largest absolute Gasteiger partial charge is 0.333 e. The van der Waals surface area contributed by atoms with Gasteiger partial charge in [-0.05, 0) is 42.5 Å². The van der Waals surface area contributed by atoms with Crippen LogP contribution >= 0.6 is 35.1 Å². The number of aromatic nitrogens is 2. The number of H-pyrrole nitrogens is 1. The maximum absolute atomic E-state index is 12.3. The van der Waals surface area contributed by atoms with E-state index in [2.05, 4.69) is 15.3 Å². The molecule has 0 bridgehead atoms.